The first-order chi connectivity index (χ1) is 18.5. The molecule has 5 aromatic rings. The number of hydrogen-bond donors (Lipinski definition) is 0. The minimum atomic E-state index is -0.452. The van der Waals surface area contributed by atoms with Crippen molar-refractivity contribution in [3.05, 3.63) is 105 Å². The molecule has 0 atom stereocenters. The first-order valence-electron chi connectivity index (χ1n) is 12.5. The average Bonchev–Trinajstić information content (AvgIpc) is 3.37. The van der Waals surface area contributed by atoms with Gasteiger partial charge in [-0.05, 0) is 30.7 Å². The Morgan fingerprint density at radius 2 is 1.68 bits per heavy atom. The van der Waals surface area contributed by atoms with Gasteiger partial charge in [0, 0.05) is 55.2 Å². The fourth-order valence-corrected chi connectivity index (χ4v) is 4.96. The van der Waals surface area contributed by atoms with Crippen LogP contribution in [0.1, 0.15) is 27.3 Å². The SMILES string of the molecule is Cc1ccc(C(=O)N2CCN(c3nc4ccccc4c4nnc(Cc5ccccc5)n34)CC2)cc1[N+](=O)[O-]. The summed E-state index contributed by atoms with van der Waals surface area (Å²) in [7, 11) is 0. The van der Waals surface area contributed by atoms with E-state index in [-0.39, 0.29) is 11.6 Å². The van der Waals surface area contributed by atoms with Crippen molar-refractivity contribution in [2.45, 2.75) is 13.3 Å². The van der Waals surface area contributed by atoms with Crippen LogP contribution in [0.25, 0.3) is 16.6 Å². The highest BCUT2D eigenvalue weighted by molar-refractivity contribution is 5.95. The zero-order valence-electron chi connectivity index (χ0n) is 20.8. The third kappa shape index (κ3) is 4.19. The molecule has 0 radical (unpaired) electrons. The number of nitro groups is 1. The zero-order chi connectivity index (χ0) is 26.2. The van der Waals surface area contributed by atoms with Crippen LogP contribution in [-0.4, -0.2) is 61.5 Å². The summed E-state index contributed by atoms with van der Waals surface area (Å²) < 4.78 is 2.02. The minimum Gasteiger partial charge on any atom is -0.338 e. The predicted octanol–water partition coefficient (Wildman–Crippen LogP) is 4.05. The van der Waals surface area contributed by atoms with Crippen molar-refractivity contribution >= 4 is 34.1 Å². The highest BCUT2D eigenvalue weighted by Crippen LogP contribution is 2.26. The van der Waals surface area contributed by atoms with Gasteiger partial charge in [-0.3, -0.25) is 14.9 Å². The van der Waals surface area contributed by atoms with E-state index in [1.165, 1.54) is 6.07 Å². The Bertz CT molecular complexity index is 1670. The number of fused-ring (bicyclic) bond motifs is 3. The Kier molecular flexibility index (Phi) is 5.91. The van der Waals surface area contributed by atoms with Gasteiger partial charge in [0.15, 0.2) is 5.65 Å². The number of anilines is 1. The standard InChI is InChI=1S/C28H25N7O3/c1-19-11-12-21(18-24(19)35(37)38)27(36)32-13-15-33(16-14-32)28-29-23-10-6-5-9-22(23)26-31-30-25(34(26)28)17-20-7-3-2-4-8-20/h2-12,18H,13-17H2,1H3. The maximum Gasteiger partial charge on any atom is 0.273 e. The molecule has 1 aliphatic heterocycles. The van der Waals surface area contributed by atoms with Gasteiger partial charge in [0.05, 0.1) is 10.4 Å². The number of carbonyl (C=O) groups excluding carboxylic acids is 1. The molecule has 1 aliphatic rings. The predicted molar refractivity (Wildman–Crippen MR) is 143 cm³/mol. The number of hydrogen-bond acceptors (Lipinski definition) is 7. The molecule has 0 spiro atoms. The molecule has 10 nitrogen and oxygen atoms in total. The summed E-state index contributed by atoms with van der Waals surface area (Å²) in [6.45, 7) is 3.71. The van der Waals surface area contributed by atoms with E-state index in [2.05, 4.69) is 27.2 Å². The van der Waals surface area contributed by atoms with Gasteiger partial charge >= 0.3 is 0 Å². The molecule has 190 valence electrons. The molecule has 2 aromatic heterocycles. The van der Waals surface area contributed by atoms with E-state index >= 15 is 0 Å². The highest BCUT2D eigenvalue weighted by Gasteiger charge is 2.27. The van der Waals surface area contributed by atoms with E-state index < -0.39 is 4.92 Å². The average molecular weight is 508 g/mol. The van der Waals surface area contributed by atoms with Crippen molar-refractivity contribution in [3.8, 4) is 0 Å². The first-order valence-corrected chi connectivity index (χ1v) is 12.5. The number of piperazine rings is 1. The van der Waals surface area contributed by atoms with Crippen LogP contribution in [0, 0.1) is 17.0 Å². The lowest BCUT2D eigenvalue weighted by molar-refractivity contribution is -0.385. The van der Waals surface area contributed by atoms with Gasteiger partial charge in [0.2, 0.25) is 5.95 Å². The molecule has 0 saturated carbocycles. The minimum absolute atomic E-state index is 0.0456. The van der Waals surface area contributed by atoms with E-state index in [1.54, 1.807) is 24.0 Å². The fraction of sp³-hybridized carbons (Fsp3) is 0.214. The molecule has 6 rings (SSSR count). The van der Waals surface area contributed by atoms with Crippen molar-refractivity contribution in [1.29, 1.82) is 0 Å². The van der Waals surface area contributed by atoms with Crippen molar-refractivity contribution in [2.24, 2.45) is 0 Å². The Hall–Kier alpha value is -4.86. The van der Waals surface area contributed by atoms with E-state index in [0.29, 0.717) is 43.7 Å². The van der Waals surface area contributed by atoms with Crippen LogP contribution in [0.15, 0.2) is 72.8 Å². The Morgan fingerprint density at radius 1 is 0.947 bits per heavy atom. The lowest BCUT2D eigenvalue weighted by atomic mass is 10.1. The van der Waals surface area contributed by atoms with E-state index in [0.717, 1.165) is 33.9 Å². The maximum atomic E-state index is 13.2. The summed E-state index contributed by atoms with van der Waals surface area (Å²) in [5, 5.41) is 21.3. The lowest BCUT2D eigenvalue weighted by Gasteiger charge is -2.35. The van der Waals surface area contributed by atoms with Gasteiger partial charge in [-0.15, -0.1) is 10.2 Å². The van der Waals surface area contributed by atoms with Crippen LogP contribution in [0.5, 0.6) is 0 Å². The molecule has 3 aromatic carbocycles. The second kappa shape index (κ2) is 9.55. The van der Waals surface area contributed by atoms with E-state index in [9.17, 15) is 14.9 Å². The molecule has 3 heterocycles. The summed E-state index contributed by atoms with van der Waals surface area (Å²) in [6.07, 6.45) is 0.611. The third-order valence-corrected chi connectivity index (χ3v) is 7.00. The number of benzene rings is 3. The maximum absolute atomic E-state index is 13.2. The number of nitro benzene ring substituents is 1. The molecule has 1 fully saturated rings. The van der Waals surface area contributed by atoms with Crippen LogP contribution in [0.2, 0.25) is 0 Å². The van der Waals surface area contributed by atoms with Gasteiger partial charge in [-0.1, -0.05) is 48.5 Å². The largest absolute Gasteiger partial charge is 0.338 e. The van der Waals surface area contributed by atoms with Crippen molar-refractivity contribution in [1.82, 2.24) is 24.5 Å². The Morgan fingerprint density at radius 3 is 2.45 bits per heavy atom. The van der Waals surface area contributed by atoms with E-state index in [1.807, 2.05) is 46.9 Å². The van der Waals surface area contributed by atoms with Crippen LogP contribution >= 0.6 is 0 Å². The quantitative estimate of drug-likeness (QED) is 0.261. The number of carbonyl (C=O) groups is 1. The molecule has 10 heteroatoms. The molecule has 0 N–H and O–H groups in total. The van der Waals surface area contributed by atoms with Gasteiger partial charge in [0.1, 0.15) is 5.82 Å². The summed E-state index contributed by atoms with van der Waals surface area (Å²) in [5.74, 6) is 1.33. The second-order valence-corrected chi connectivity index (χ2v) is 9.40. The monoisotopic (exact) mass is 507 g/mol. The van der Waals surface area contributed by atoms with Gasteiger partial charge in [-0.25, -0.2) is 9.38 Å². The number of aromatic nitrogens is 4. The molecular weight excluding hydrogens is 482 g/mol. The van der Waals surface area contributed by atoms with Crippen molar-refractivity contribution < 1.29 is 9.72 Å². The third-order valence-electron chi connectivity index (χ3n) is 7.00. The normalized spacial score (nSPS) is 13.8. The molecule has 0 aliphatic carbocycles. The van der Waals surface area contributed by atoms with E-state index in [4.69, 9.17) is 4.98 Å². The van der Waals surface area contributed by atoms with Gasteiger partial charge in [-0.2, -0.15) is 0 Å². The van der Waals surface area contributed by atoms with Crippen molar-refractivity contribution in [3.63, 3.8) is 0 Å². The number of para-hydroxylation sites is 1. The molecule has 0 unspecified atom stereocenters. The molecule has 38 heavy (non-hydrogen) atoms. The number of rotatable bonds is 5. The van der Waals surface area contributed by atoms with Crippen LogP contribution in [-0.2, 0) is 6.42 Å². The zero-order valence-corrected chi connectivity index (χ0v) is 20.8. The molecule has 1 saturated heterocycles. The number of amides is 1. The first kappa shape index (κ1) is 23.5. The Balaban J connectivity index is 1.31. The van der Waals surface area contributed by atoms with Crippen molar-refractivity contribution in [2.75, 3.05) is 31.1 Å². The topological polar surface area (TPSA) is 110 Å². The summed E-state index contributed by atoms with van der Waals surface area (Å²) in [5.41, 5.74) is 3.52. The van der Waals surface area contributed by atoms with Crippen LogP contribution < -0.4 is 4.90 Å². The number of aryl methyl sites for hydroxylation is 1. The smallest absolute Gasteiger partial charge is 0.273 e. The summed E-state index contributed by atoms with van der Waals surface area (Å²) >= 11 is 0. The van der Waals surface area contributed by atoms with Crippen LogP contribution in [0.4, 0.5) is 11.6 Å². The second-order valence-electron chi connectivity index (χ2n) is 9.40. The fourth-order valence-electron chi connectivity index (χ4n) is 4.96. The molecular formula is C28H25N7O3. The molecule has 0 bridgehead atoms. The summed E-state index contributed by atoms with van der Waals surface area (Å²) in [4.78, 5) is 33.0. The molecule has 1 amide bonds. The Labute approximate surface area is 218 Å². The van der Waals surface area contributed by atoms with Gasteiger partial charge < -0.3 is 9.80 Å². The van der Waals surface area contributed by atoms with Gasteiger partial charge in [0.25, 0.3) is 11.6 Å². The highest BCUT2D eigenvalue weighted by atomic mass is 16.6. The summed E-state index contributed by atoms with van der Waals surface area (Å²) in [6, 6.07) is 22.7. The number of nitrogens with zero attached hydrogens (tertiary/aromatic N) is 7. The lowest BCUT2D eigenvalue weighted by Crippen LogP contribution is -2.49. The van der Waals surface area contributed by atoms with Crippen LogP contribution in [0.3, 0.4) is 0 Å².